The van der Waals surface area contributed by atoms with Crippen LogP contribution in [0.4, 0.5) is 5.69 Å². The third-order valence-electron chi connectivity index (χ3n) is 3.54. The second-order valence-corrected chi connectivity index (χ2v) is 6.14. The van der Waals surface area contributed by atoms with Crippen LogP contribution in [0.2, 0.25) is 0 Å². The second-order valence-electron chi connectivity index (χ2n) is 5.22. The van der Waals surface area contributed by atoms with Gasteiger partial charge in [-0.2, -0.15) is 0 Å². The van der Waals surface area contributed by atoms with E-state index in [1.165, 1.54) is 12.1 Å². The van der Waals surface area contributed by atoms with Gasteiger partial charge in [-0.05, 0) is 38.3 Å². The zero-order valence-electron chi connectivity index (χ0n) is 10.7. The summed E-state index contributed by atoms with van der Waals surface area (Å²) < 4.78 is 1.07. The quantitative estimate of drug-likeness (QED) is 0.899. The molecular formula is C14H20BrNO. The van der Waals surface area contributed by atoms with E-state index in [0.717, 1.165) is 22.5 Å². The van der Waals surface area contributed by atoms with E-state index in [9.17, 15) is 5.11 Å². The predicted octanol–water partition coefficient (Wildman–Crippen LogP) is 3.74. The molecule has 1 aromatic rings. The molecule has 2 nitrogen and oxygen atoms in total. The summed E-state index contributed by atoms with van der Waals surface area (Å²) in [5, 5.41) is 9.87. The molecule has 3 unspecified atom stereocenters. The fourth-order valence-electron chi connectivity index (χ4n) is 2.75. The number of hydrogen-bond donors (Lipinski definition) is 1. The molecule has 1 aliphatic heterocycles. The fourth-order valence-corrected chi connectivity index (χ4v) is 3.10. The van der Waals surface area contributed by atoms with Gasteiger partial charge >= 0.3 is 0 Å². The Labute approximate surface area is 112 Å². The van der Waals surface area contributed by atoms with E-state index in [1.54, 1.807) is 0 Å². The molecule has 1 saturated heterocycles. The van der Waals surface area contributed by atoms with Crippen LogP contribution in [0, 0.1) is 5.92 Å². The van der Waals surface area contributed by atoms with Gasteiger partial charge in [-0.15, -0.1) is 0 Å². The van der Waals surface area contributed by atoms with Crippen LogP contribution in [-0.4, -0.2) is 17.7 Å². The van der Waals surface area contributed by atoms with Crippen LogP contribution in [-0.2, 0) is 0 Å². The van der Waals surface area contributed by atoms with Crippen LogP contribution < -0.4 is 4.90 Å². The Morgan fingerprint density at radius 3 is 2.65 bits per heavy atom. The first-order chi connectivity index (χ1) is 7.99. The maximum absolute atomic E-state index is 9.87. The molecule has 0 radical (unpaired) electrons. The van der Waals surface area contributed by atoms with Gasteiger partial charge in [0.25, 0.3) is 0 Å². The first-order valence-electron chi connectivity index (χ1n) is 6.23. The summed E-state index contributed by atoms with van der Waals surface area (Å²) in [5.41, 5.74) is 2.19. The Balaban J connectivity index is 2.39. The largest absolute Gasteiger partial charge is 0.389 e. The Hall–Kier alpha value is -0.540. The van der Waals surface area contributed by atoms with Crippen LogP contribution in [0.15, 0.2) is 22.7 Å². The lowest BCUT2D eigenvalue weighted by atomic mass is 10.1. The minimum absolute atomic E-state index is 0.416. The molecule has 1 fully saturated rings. The zero-order chi connectivity index (χ0) is 12.6. The van der Waals surface area contributed by atoms with Crippen molar-refractivity contribution in [1.29, 1.82) is 0 Å². The highest BCUT2D eigenvalue weighted by Gasteiger charge is 2.28. The molecule has 1 aliphatic rings. The summed E-state index contributed by atoms with van der Waals surface area (Å²) in [6.45, 7) is 7.46. The lowest BCUT2D eigenvalue weighted by Gasteiger charge is -2.27. The van der Waals surface area contributed by atoms with E-state index in [0.29, 0.717) is 6.04 Å². The van der Waals surface area contributed by atoms with E-state index in [2.05, 4.69) is 40.7 Å². The number of halogens is 1. The van der Waals surface area contributed by atoms with Gasteiger partial charge in [0.05, 0.1) is 6.10 Å². The SMILES string of the molecule is CC1CC(C)N(c2cc(Br)ccc2C(C)O)C1. The molecular weight excluding hydrogens is 278 g/mol. The summed E-state index contributed by atoms with van der Waals surface area (Å²) >= 11 is 3.52. The first-order valence-corrected chi connectivity index (χ1v) is 7.02. The highest BCUT2D eigenvalue weighted by Crippen LogP contribution is 2.35. The molecule has 3 atom stereocenters. The molecule has 0 aliphatic carbocycles. The average molecular weight is 298 g/mol. The van der Waals surface area contributed by atoms with Gasteiger partial charge in [0.2, 0.25) is 0 Å². The van der Waals surface area contributed by atoms with E-state index < -0.39 is 6.10 Å². The van der Waals surface area contributed by atoms with Gasteiger partial charge in [0, 0.05) is 28.3 Å². The smallest absolute Gasteiger partial charge is 0.0782 e. The summed E-state index contributed by atoms with van der Waals surface area (Å²) in [7, 11) is 0. The van der Waals surface area contributed by atoms with Gasteiger partial charge in [-0.3, -0.25) is 0 Å². The van der Waals surface area contributed by atoms with Crippen molar-refractivity contribution in [3.05, 3.63) is 28.2 Å². The number of anilines is 1. The van der Waals surface area contributed by atoms with Crippen molar-refractivity contribution in [3.8, 4) is 0 Å². The molecule has 2 rings (SSSR count). The maximum atomic E-state index is 9.87. The van der Waals surface area contributed by atoms with Crippen LogP contribution in [0.5, 0.6) is 0 Å². The topological polar surface area (TPSA) is 23.5 Å². The molecule has 0 saturated carbocycles. The standard InChI is InChI=1S/C14H20BrNO/c1-9-6-10(2)16(8-9)14-7-12(15)4-5-13(14)11(3)17/h4-5,7,9-11,17H,6,8H2,1-3H3. The Morgan fingerprint density at radius 1 is 1.41 bits per heavy atom. The predicted molar refractivity (Wildman–Crippen MR) is 75.4 cm³/mol. The molecule has 0 aromatic heterocycles. The van der Waals surface area contributed by atoms with E-state index in [1.807, 2.05) is 19.1 Å². The lowest BCUT2D eigenvalue weighted by Crippen LogP contribution is -2.28. The average Bonchev–Trinajstić information content (AvgIpc) is 2.57. The summed E-state index contributed by atoms with van der Waals surface area (Å²) in [6.07, 6.45) is 0.812. The van der Waals surface area contributed by atoms with Crippen LogP contribution in [0.3, 0.4) is 0 Å². The normalized spacial score (nSPS) is 26.3. The van der Waals surface area contributed by atoms with Gasteiger partial charge in [0.15, 0.2) is 0 Å². The van der Waals surface area contributed by atoms with E-state index >= 15 is 0 Å². The summed E-state index contributed by atoms with van der Waals surface area (Å²) in [5.74, 6) is 0.728. The summed E-state index contributed by atoms with van der Waals surface area (Å²) in [4.78, 5) is 2.41. The van der Waals surface area contributed by atoms with Crippen LogP contribution in [0.25, 0.3) is 0 Å². The minimum Gasteiger partial charge on any atom is -0.389 e. The van der Waals surface area contributed by atoms with Crippen molar-refractivity contribution in [3.63, 3.8) is 0 Å². The Morgan fingerprint density at radius 2 is 2.12 bits per heavy atom. The zero-order valence-corrected chi connectivity index (χ0v) is 12.2. The number of benzene rings is 1. The second kappa shape index (κ2) is 4.99. The lowest BCUT2D eigenvalue weighted by molar-refractivity contribution is 0.199. The first kappa shape index (κ1) is 12.9. The van der Waals surface area contributed by atoms with Crippen molar-refractivity contribution >= 4 is 21.6 Å². The summed E-state index contributed by atoms with van der Waals surface area (Å²) in [6, 6.07) is 6.68. The molecule has 0 amide bonds. The van der Waals surface area contributed by atoms with Gasteiger partial charge in [-0.25, -0.2) is 0 Å². The molecule has 3 heteroatoms. The van der Waals surface area contributed by atoms with Gasteiger partial charge in [-0.1, -0.05) is 28.9 Å². The highest BCUT2D eigenvalue weighted by atomic mass is 79.9. The third-order valence-corrected chi connectivity index (χ3v) is 4.03. The Bertz CT molecular complexity index is 405. The van der Waals surface area contributed by atoms with Crippen molar-refractivity contribution in [2.24, 2.45) is 5.92 Å². The van der Waals surface area contributed by atoms with Crippen molar-refractivity contribution in [2.45, 2.75) is 39.3 Å². The van der Waals surface area contributed by atoms with E-state index in [-0.39, 0.29) is 0 Å². The number of nitrogens with zero attached hydrogens (tertiary/aromatic N) is 1. The van der Waals surface area contributed by atoms with Crippen LogP contribution >= 0.6 is 15.9 Å². The Kier molecular flexibility index (Phi) is 3.79. The maximum Gasteiger partial charge on any atom is 0.0782 e. The molecule has 1 heterocycles. The molecule has 1 N–H and O–H groups in total. The van der Waals surface area contributed by atoms with Gasteiger partial charge in [0.1, 0.15) is 0 Å². The third kappa shape index (κ3) is 2.66. The number of hydrogen-bond acceptors (Lipinski definition) is 2. The highest BCUT2D eigenvalue weighted by molar-refractivity contribution is 9.10. The molecule has 1 aromatic carbocycles. The van der Waals surface area contributed by atoms with Crippen molar-refractivity contribution in [1.82, 2.24) is 0 Å². The fraction of sp³-hybridized carbons (Fsp3) is 0.571. The van der Waals surface area contributed by atoms with E-state index in [4.69, 9.17) is 0 Å². The van der Waals surface area contributed by atoms with Crippen molar-refractivity contribution in [2.75, 3.05) is 11.4 Å². The monoisotopic (exact) mass is 297 g/mol. The molecule has 0 spiro atoms. The number of aliphatic hydroxyl groups is 1. The number of aliphatic hydroxyl groups excluding tert-OH is 1. The number of rotatable bonds is 2. The minimum atomic E-state index is -0.416. The van der Waals surface area contributed by atoms with Gasteiger partial charge < -0.3 is 10.0 Å². The molecule has 94 valence electrons. The molecule has 0 bridgehead atoms. The van der Waals surface area contributed by atoms with Crippen LogP contribution in [0.1, 0.15) is 38.9 Å². The van der Waals surface area contributed by atoms with Crippen molar-refractivity contribution < 1.29 is 5.11 Å². The molecule has 17 heavy (non-hydrogen) atoms.